The lowest BCUT2D eigenvalue weighted by atomic mass is 10.1. The molecule has 0 radical (unpaired) electrons. The Bertz CT molecular complexity index is 325. The molecule has 0 bridgehead atoms. The number of nitrogens with zero attached hydrogens (tertiary/aromatic N) is 2. The summed E-state index contributed by atoms with van der Waals surface area (Å²) in [6, 6.07) is 3.64. The van der Waals surface area contributed by atoms with Gasteiger partial charge >= 0.3 is 0 Å². The van der Waals surface area contributed by atoms with Crippen molar-refractivity contribution in [2.75, 3.05) is 32.9 Å². The molecule has 1 N–H and O–H groups in total. The standard InChI is InChI=1S/C11H15BrFN3/c12-11-2-1-9(8-15-11)10(7-13)16-5-3-14-4-6-16/h1-2,8,10,14H,3-7H2/t10-/m1/s1. The van der Waals surface area contributed by atoms with Gasteiger partial charge in [-0.2, -0.15) is 0 Å². The van der Waals surface area contributed by atoms with E-state index in [-0.39, 0.29) is 12.7 Å². The molecule has 3 nitrogen and oxygen atoms in total. The highest BCUT2D eigenvalue weighted by molar-refractivity contribution is 9.10. The third kappa shape index (κ3) is 2.78. The van der Waals surface area contributed by atoms with Crippen LogP contribution in [0, 0.1) is 0 Å². The third-order valence-electron chi connectivity index (χ3n) is 2.87. The van der Waals surface area contributed by atoms with Crippen LogP contribution >= 0.6 is 15.9 Å². The van der Waals surface area contributed by atoms with Crippen molar-refractivity contribution in [3.05, 3.63) is 28.5 Å². The van der Waals surface area contributed by atoms with Gasteiger partial charge in [0, 0.05) is 32.4 Å². The molecule has 1 fully saturated rings. The van der Waals surface area contributed by atoms with E-state index < -0.39 is 0 Å². The van der Waals surface area contributed by atoms with Gasteiger partial charge in [0.1, 0.15) is 11.3 Å². The second-order valence-electron chi connectivity index (χ2n) is 3.87. The number of nitrogens with one attached hydrogen (secondary N) is 1. The van der Waals surface area contributed by atoms with Gasteiger partial charge < -0.3 is 5.32 Å². The van der Waals surface area contributed by atoms with Crippen LogP contribution in [0.2, 0.25) is 0 Å². The van der Waals surface area contributed by atoms with Gasteiger partial charge in [0.05, 0.1) is 6.04 Å². The molecule has 1 saturated heterocycles. The Hall–Kier alpha value is -0.520. The molecular formula is C11H15BrFN3. The average molecular weight is 288 g/mol. The van der Waals surface area contributed by atoms with E-state index in [0.717, 1.165) is 36.3 Å². The summed E-state index contributed by atoms with van der Waals surface area (Å²) in [6.45, 7) is 3.29. The summed E-state index contributed by atoms with van der Waals surface area (Å²) in [7, 11) is 0. The molecule has 0 aliphatic carbocycles. The number of alkyl halides is 1. The molecule has 0 amide bonds. The zero-order valence-corrected chi connectivity index (χ0v) is 10.6. The summed E-state index contributed by atoms with van der Waals surface area (Å²) in [5.74, 6) is 0. The first-order valence-electron chi connectivity index (χ1n) is 5.43. The largest absolute Gasteiger partial charge is 0.314 e. The lowest BCUT2D eigenvalue weighted by Gasteiger charge is -2.33. The van der Waals surface area contributed by atoms with E-state index in [4.69, 9.17) is 0 Å². The number of hydrogen-bond acceptors (Lipinski definition) is 3. The fraction of sp³-hybridized carbons (Fsp3) is 0.545. The molecule has 88 valence electrons. The van der Waals surface area contributed by atoms with Crippen LogP contribution in [0.4, 0.5) is 4.39 Å². The fourth-order valence-electron chi connectivity index (χ4n) is 1.98. The van der Waals surface area contributed by atoms with E-state index in [1.54, 1.807) is 6.20 Å². The van der Waals surface area contributed by atoms with Crippen molar-refractivity contribution in [2.24, 2.45) is 0 Å². The van der Waals surface area contributed by atoms with Crippen LogP contribution in [0.5, 0.6) is 0 Å². The van der Waals surface area contributed by atoms with Crippen molar-refractivity contribution in [2.45, 2.75) is 6.04 Å². The number of rotatable bonds is 3. The molecule has 1 aliphatic heterocycles. The number of piperazine rings is 1. The molecule has 2 heterocycles. The van der Waals surface area contributed by atoms with Crippen molar-refractivity contribution in [3.8, 4) is 0 Å². The maximum Gasteiger partial charge on any atom is 0.109 e. The number of hydrogen-bond donors (Lipinski definition) is 1. The normalized spacial score (nSPS) is 19.6. The minimum absolute atomic E-state index is 0.150. The van der Waals surface area contributed by atoms with E-state index >= 15 is 0 Å². The predicted molar refractivity (Wildman–Crippen MR) is 65.1 cm³/mol. The molecule has 1 aliphatic rings. The molecule has 5 heteroatoms. The van der Waals surface area contributed by atoms with Crippen molar-refractivity contribution in [3.63, 3.8) is 0 Å². The second kappa shape index (κ2) is 5.70. The SMILES string of the molecule is FC[C@H](c1ccc(Br)nc1)N1CCNCC1. The first-order valence-corrected chi connectivity index (χ1v) is 6.23. The molecule has 1 aromatic heterocycles. The van der Waals surface area contributed by atoms with E-state index in [2.05, 4.69) is 31.1 Å². The number of aromatic nitrogens is 1. The van der Waals surface area contributed by atoms with Crippen LogP contribution in [-0.4, -0.2) is 42.7 Å². The van der Waals surface area contributed by atoms with Gasteiger partial charge in [-0.15, -0.1) is 0 Å². The summed E-state index contributed by atoms with van der Waals surface area (Å²) < 4.78 is 13.9. The smallest absolute Gasteiger partial charge is 0.109 e. The predicted octanol–water partition coefficient (Wildman–Crippen LogP) is 1.76. The molecule has 0 unspecified atom stereocenters. The minimum atomic E-state index is -0.358. The summed E-state index contributed by atoms with van der Waals surface area (Å²) in [5, 5.41) is 3.27. The minimum Gasteiger partial charge on any atom is -0.314 e. The molecular weight excluding hydrogens is 273 g/mol. The summed E-state index contributed by atoms with van der Waals surface area (Å²) >= 11 is 3.28. The highest BCUT2D eigenvalue weighted by Crippen LogP contribution is 2.22. The molecule has 0 saturated carbocycles. The fourth-order valence-corrected chi connectivity index (χ4v) is 2.21. The Morgan fingerprint density at radius 1 is 1.44 bits per heavy atom. The van der Waals surface area contributed by atoms with Crippen LogP contribution in [0.25, 0.3) is 0 Å². The first kappa shape index (κ1) is 12.0. The zero-order chi connectivity index (χ0) is 11.4. The number of pyridine rings is 1. The lowest BCUT2D eigenvalue weighted by Crippen LogP contribution is -2.45. The van der Waals surface area contributed by atoms with E-state index in [1.807, 2.05) is 12.1 Å². The van der Waals surface area contributed by atoms with Crippen molar-refractivity contribution in [1.29, 1.82) is 0 Å². The quantitative estimate of drug-likeness (QED) is 0.859. The van der Waals surface area contributed by atoms with Gasteiger partial charge in [-0.25, -0.2) is 9.37 Å². The van der Waals surface area contributed by atoms with Gasteiger partial charge in [-0.1, -0.05) is 6.07 Å². The molecule has 0 spiro atoms. The summed E-state index contributed by atoms with van der Waals surface area (Å²) in [5.41, 5.74) is 0.951. The van der Waals surface area contributed by atoms with E-state index in [1.165, 1.54) is 0 Å². The maximum atomic E-state index is 13.1. The van der Waals surface area contributed by atoms with Crippen molar-refractivity contribution in [1.82, 2.24) is 15.2 Å². The number of halogens is 2. The van der Waals surface area contributed by atoms with Crippen LogP contribution in [0.1, 0.15) is 11.6 Å². The summed E-state index contributed by atoms with van der Waals surface area (Å²) in [4.78, 5) is 6.32. The van der Waals surface area contributed by atoms with Gasteiger partial charge in [0.15, 0.2) is 0 Å². The molecule has 0 aromatic carbocycles. The lowest BCUT2D eigenvalue weighted by molar-refractivity contribution is 0.147. The molecule has 2 rings (SSSR count). The zero-order valence-electron chi connectivity index (χ0n) is 9.00. The van der Waals surface area contributed by atoms with Gasteiger partial charge in [-0.05, 0) is 27.6 Å². The highest BCUT2D eigenvalue weighted by atomic mass is 79.9. The van der Waals surface area contributed by atoms with Crippen LogP contribution < -0.4 is 5.32 Å². The van der Waals surface area contributed by atoms with Crippen molar-refractivity contribution < 1.29 is 4.39 Å². The maximum absolute atomic E-state index is 13.1. The highest BCUT2D eigenvalue weighted by Gasteiger charge is 2.22. The van der Waals surface area contributed by atoms with Crippen LogP contribution in [-0.2, 0) is 0 Å². The van der Waals surface area contributed by atoms with Crippen molar-refractivity contribution >= 4 is 15.9 Å². The third-order valence-corrected chi connectivity index (χ3v) is 3.34. The topological polar surface area (TPSA) is 28.2 Å². The van der Waals surface area contributed by atoms with Gasteiger partial charge in [0.2, 0.25) is 0 Å². The van der Waals surface area contributed by atoms with Gasteiger partial charge in [-0.3, -0.25) is 4.90 Å². The molecule has 1 atom stereocenters. The Labute approximate surface area is 103 Å². The first-order chi connectivity index (χ1) is 7.81. The average Bonchev–Trinajstić information content (AvgIpc) is 2.34. The van der Waals surface area contributed by atoms with Crippen LogP contribution in [0.15, 0.2) is 22.9 Å². The molecule has 16 heavy (non-hydrogen) atoms. The van der Waals surface area contributed by atoms with Gasteiger partial charge in [0.25, 0.3) is 0 Å². The molecule has 1 aromatic rings. The van der Waals surface area contributed by atoms with E-state index in [0.29, 0.717) is 0 Å². The summed E-state index contributed by atoms with van der Waals surface area (Å²) in [6.07, 6.45) is 1.75. The Morgan fingerprint density at radius 3 is 2.75 bits per heavy atom. The second-order valence-corrected chi connectivity index (χ2v) is 4.68. The Kier molecular flexibility index (Phi) is 4.26. The Morgan fingerprint density at radius 2 is 2.19 bits per heavy atom. The Balaban J connectivity index is 2.11. The van der Waals surface area contributed by atoms with E-state index in [9.17, 15) is 4.39 Å². The van der Waals surface area contributed by atoms with Crippen LogP contribution in [0.3, 0.4) is 0 Å². The monoisotopic (exact) mass is 287 g/mol.